The second-order valence-electron chi connectivity index (χ2n) is 5.89. The van der Waals surface area contributed by atoms with Crippen LogP contribution in [0.2, 0.25) is 5.02 Å². The third-order valence-corrected chi connectivity index (χ3v) is 5.62. The summed E-state index contributed by atoms with van der Waals surface area (Å²) in [4.78, 5) is 29.4. The molecule has 1 amide bonds. The Morgan fingerprint density at radius 2 is 2.00 bits per heavy atom. The van der Waals surface area contributed by atoms with Gasteiger partial charge in [-0.1, -0.05) is 23.4 Å². The normalized spacial score (nSPS) is 17.1. The van der Waals surface area contributed by atoms with Crippen molar-refractivity contribution in [2.45, 2.75) is 36.2 Å². The number of likely N-dealkylation sites (tertiary alicyclic amines) is 1. The van der Waals surface area contributed by atoms with E-state index in [0.717, 1.165) is 17.8 Å². The smallest absolute Gasteiger partial charge is 0.417 e. The average molecular weight is 411 g/mol. The van der Waals surface area contributed by atoms with Crippen LogP contribution in [0.15, 0.2) is 17.3 Å². The Morgan fingerprint density at radius 3 is 2.50 bits per heavy atom. The van der Waals surface area contributed by atoms with Crippen molar-refractivity contribution >= 4 is 35.2 Å². The Labute approximate surface area is 158 Å². The zero-order valence-corrected chi connectivity index (χ0v) is 15.7. The maximum atomic E-state index is 12.6. The molecule has 0 N–H and O–H groups in total. The standard InChI is InChI=1S/C16H18ClF3N2O3S/c1-9(14(23)22-5-3-10(4-6-22)15(24)25-2)26-13-12(17)7-11(8-21-13)16(18,19)20/h7-10H,3-6H2,1-2H3. The summed E-state index contributed by atoms with van der Waals surface area (Å²) in [6.07, 6.45) is -2.78. The predicted molar refractivity (Wildman–Crippen MR) is 90.9 cm³/mol. The van der Waals surface area contributed by atoms with Crippen molar-refractivity contribution in [3.05, 3.63) is 22.8 Å². The summed E-state index contributed by atoms with van der Waals surface area (Å²) in [6, 6.07) is 0.802. The van der Waals surface area contributed by atoms with Gasteiger partial charge in [-0.2, -0.15) is 13.2 Å². The fourth-order valence-corrected chi connectivity index (χ4v) is 3.81. The summed E-state index contributed by atoms with van der Waals surface area (Å²) in [5, 5.41) is -0.537. The number of amides is 1. The SMILES string of the molecule is COC(=O)C1CCN(C(=O)C(C)Sc2ncc(C(F)(F)F)cc2Cl)CC1. The predicted octanol–water partition coefficient (Wildman–Crippen LogP) is 3.65. The molecule has 26 heavy (non-hydrogen) atoms. The van der Waals surface area contributed by atoms with Crippen LogP contribution in [0.1, 0.15) is 25.3 Å². The number of ether oxygens (including phenoxy) is 1. The Hall–Kier alpha value is -1.48. The number of thioether (sulfide) groups is 1. The maximum absolute atomic E-state index is 12.6. The lowest BCUT2D eigenvalue weighted by Gasteiger charge is -2.32. The van der Waals surface area contributed by atoms with Gasteiger partial charge in [0, 0.05) is 19.3 Å². The van der Waals surface area contributed by atoms with E-state index in [2.05, 4.69) is 4.98 Å². The lowest BCUT2D eigenvalue weighted by atomic mass is 9.97. The number of nitrogens with zero attached hydrogens (tertiary/aromatic N) is 2. The summed E-state index contributed by atoms with van der Waals surface area (Å²) in [5.74, 6) is -0.658. The first-order chi connectivity index (χ1) is 12.1. The van der Waals surface area contributed by atoms with Crippen molar-refractivity contribution in [3.8, 4) is 0 Å². The van der Waals surface area contributed by atoms with Gasteiger partial charge in [-0.25, -0.2) is 4.98 Å². The first kappa shape index (κ1) is 20.8. The molecule has 0 radical (unpaired) electrons. The molecule has 1 fully saturated rings. The lowest BCUT2D eigenvalue weighted by molar-refractivity contribution is -0.148. The van der Waals surface area contributed by atoms with E-state index in [9.17, 15) is 22.8 Å². The fourth-order valence-electron chi connectivity index (χ4n) is 2.64. The summed E-state index contributed by atoms with van der Waals surface area (Å²) < 4.78 is 42.7. The number of alkyl halides is 3. The minimum atomic E-state index is -4.52. The molecule has 1 atom stereocenters. The van der Waals surface area contributed by atoms with Crippen LogP contribution >= 0.6 is 23.4 Å². The van der Waals surface area contributed by atoms with E-state index in [0.29, 0.717) is 32.1 Å². The average Bonchev–Trinajstić information content (AvgIpc) is 2.61. The van der Waals surface area contributed by atoms with Gasteiger partial charge in [0.25, 0.3) is 0 Å². The van der Waals surface area contributed by atoms with Gasteiger partial charge < -0.3 is 9.64 Å². The van der Waals surface area contributed by atoms with Crippen LogP contribution in [-0.2, 0) is 20.5 Å². The Morgan fingerprint density at radius 1 is 1.38 bits per heavy atom. The molecule has 10 heteroatoms. The molecule has 1 aromatic rings. The Balaban J connectivity index is 1.97. The summed E-state index contributed by atoms with van der Waals surface area (Å²) >= 11 is 6.89. The number of halogens is 4. The van der Waals surface area contributed by atoms with Gasteiger partial charge in [0.1, 0.15) is 5.03 Å². The van der Waals surface area contributed by atoms with Gasteiger partial charge in [-0.15, -0.1) is 0 Å². The van der Waals surface area contributed by atoms with Crippen LogP contribution < -0.4 is 0 Å². The molecule has 1 aliphatic heterocycles. The highest BCUT2D eigenvalue weighted by Crippen LogP contribution is 2.35. The second kappa shape index (κ2) is 8.47. The molecule has 2 heterocycles. The highest BCUT2D eigenvalue weighted by molar-refractivity contribution is 8.00. The highest BCUT2D eigenvalue weighted by atomic mass is 35.5. The van der Waals surface area contributed by atoms with E-state index in [1.54, 1.807) is 11.8 Å². The summed E-state index contributed by atoms with van der Waals surface area (Å²) in [5.41, 5.74) is -0.935. The number of carbonyl (C=O) groups excluding carboxylic acids is 2. The minimum absolute atomic E-state index is 0.145. The number of esters is 1. The van der Waals surface area contributed by atoms with Gasteiger partial charge in [0.15, 0.2) is 0 Å². The number of rotatable bonds is 4. The second-order valence-corrected chi connectivity index (χ2v) is 7.63. The van der Waals surface area contributed by atoms with Gasteiger partial charge in [-0.3, -0.25) is 9.59 Å². The van der Waals surface area contributed by atoms with E-state index < -0.39 is 17.0 Å². The molecule has 0 aromatic carbocycles. The van der Waals surface area contributed by atoms with Crippen LogP contribution in [0, 0.1) is 5.92 Å². The zero-order valence-electron chi connectivity index (χ0n) is 14.2. The van der Waals surface area contributed by atoms with E-state index in [-0.39, 0.29) is 27.8 Å². The van der Waals surface area contributed by atoms with Crippen LogP contribution in [0.25, 0.3) is 0 Å². The number of piperidine rings is 1. The Kier molecular flexibility index (Phi) is 6.79. The molecule has 1 saturated heterocycles. The van der Waals surface area contributed by atoms with Crippen LogP contribution in [-0.4, -0.2) is 47.2 Å². The lowest BCUT2D eigenvalue weighted by Crippen LogP contribution is -2.43. The molecule has 1 unspecified atom stereocenters. The van der Waals surface area contributed by atoms with Crippen molar-refractivity contribution in [1.29, 1.82) is 0 Å². The monoisotopic (exact) mass is 410 g/mol. The highest BCUT2D eigenvalue weighted by Gasteiger charge is 2.33. The van der Waals surface area contributed by atoms with E-state index >= 15 is 0 Å². The molecule has 5 nitrogen and oxygen atoms in total. The van der Waals surface area contributed by atoms with E-state index in [1.807, 2.05) is 0 Å². The van der Waals surface area contributed by atoms with Gasteiger partial charge >= 0.3 is 12.1 Å². The molecule has 0 saturated carbocycles. The van der Waals surface area contributed by atoms with Crippen molar-refractivity contribution in [3.63, 3.8) is 0 Å². The zero-order chi connectivity index (χ0) is 19.5. The van der Waals surface area contributed by atoms with Crippen molar-refractivity contribution in [1.82, 2.24) is 9.88 Å². The largest absolute Gasteiger partial charge is 0.469 e. The van der Waals surface area contributed by atoms with Gasteiger partial charge in [0.05, 0.1) is 28.9 Å². The number of pyridine rings is 1. The van der Waals surface area contributed by atoms with Crippen LogP contribution in [0.5, 0.6) is 0 Å². The molecular weight excluding hydrogens is 393 g/mol. The number of aromatic nitrogens is 1. The molecule has 2 rings (SSSR count). The molecular formula is C16H18ClF3N2O3S. The fraction of sp³-hybridized carbons (Fsp3) is 0.562. The Bertz CT molecular complexity index is 679. The molecule has 144 valence electrons. The maximum Gasteiger partial charge on any atom is 0.417 e. The first-order valence-electron chi connectivity index (χ1n) is 7.89. The summed E-state index contributed by atoms with van der Waals surface area (Å²) in [7, 11) is 1.33. The van der Waals surface area contributed by atoms with Crippen molar-refractivity contribution in [2.24, 2.45) is 5.92 Å². The third-order valence-electron chi connectivity index (χ3n) is 4.11. The molecule has 1 aliphatic rings. The molecule has 0 spiro atoms. The van der Waals surface area contributed by atoms with Crippen molar-refractivity contribution in [2.75, 3.05) is 20.2 Å². The minimum Gasteiger partial charge on any atom is -0.469 e. The molecule has 1 aromatic heterocycles. The quantitative estimate of drug-likeness (QED) is 0.560. The van der Waals surface area contributed by atoms with E-state index in [4.69, 9.17) is 16.3 Å². The number of hydrogen-bond donors (Lipinski definition) is 0. The van der Waals surface area contributed by atoms with Crippen molar-refractivity contribution < 1.29 is 27.5 Å². The third kappa shape index (κ3) is 5.03. The number of methoxy groups -OCH3 is 1. The molecule has 0 bridgehead atoms. The van der Waals surface area contributed by atoms with Gasteiger partial charge in [0.2, 0.25) is 5.91 Å². The van der Waals surface area contributed by atoms with Crippen LogP contribution in [0.4, 0.5) is 13.2 Å². The summed E-state index contributed by atoms with van der Waals surface area (Å²) in [6.45, 7) is 2.50. The number of carbonyl (C=O) groups is 2. The van der Waals surface area contributed by atoms with E-state index in [1.165, 1.54) is 7.11 Å². The van der Waals surface area contributed by atoms with Crippen LogP contribution in [0.3, 0.4) is 0 Å². The topological polar surface area (TPSA) is 59.5 Å². The number of hydrogen-bond acceptors (Lipinski definition) is 5. The molecule has 0 aliphatic carbocycles. The van der Waals surface area contributed by atoms with Gasteiger partial charge in [-0.05, 0) is 25.8 Å². The first-order valence-corrected chi connectivity index (χ1v) is 9.15.